The molecule has 1 N–H and O–H groups in total. The van der Waals surface area contributed by atoms with E-state index >= 15 is 0 Å². The lowest BCUT2D eigenvalue weighted by Crippen LogP contribution is -2.27. The summed E-state index contributed by atoms with van der Waals surface area (Å²) >= 11 is 0. The van der Waals surface area contributed by atoms with Gasteiger partial charge in [-0.05, 0) is 12.1 Å². The van der Waals surface area contributed by atoms with Crippen molar-refractivity contribution in [1.82, 2.24) is 15.5 Å². The Morgan fingerprint density at radius 3 is 2.94 bits per heavy atom. The first-order chi connectivity index (χ1) is 8.27. The molecule has 0 aliphatic rings. The monoisotopic (exact) mass is 231 g/mol. The van der Waals surface area contributed by atoms with E-state index in [-0.39, 0.29) is 0 Å². The highest BCUT2D eigenvalue weighted by Gasteiger charge is 2.02. The van der Waals surface area contributed by atoms with E-state index in [9.17, 15) is 0 Å². The molecule has 0 fully saturated rings. The van der Waals surface area contributed by atoms with Crippen LogP contribution in [0.1, 0.15) is 13.8 Å². The molecule has 0 bridgehead atoms. The molecule has 0 aliphatic heterocycles. The standard InChI is InChI=1S/C13H17N3O/c1-10(2)14-7-8-17-13-9-15-16-12-6-4-3-5-11(12)13/h3-6,9-10,14H,7-8H2,1-2H3. The Morgan fingerprint density at radius 1 is 1.29 bits per heavy atom. The Hall–Kier alpha value is -1.68. The Balaban J connectivity index is 2.03. The van der Waals surface area contributed by atoms with Crippen LogP contribution >= 0.6 is 0 Å². The molecule has 0 atom stereocenters. The van der Waals surface area contributed by atoms with Crippen LogP contribution in [0.3, 0.4) is 0 Å². The summed E-state index contributed by atoms with van der Waals surface area (Å²) in [6.45, 7) is 5.69. The molecule has 4 nitrogen and oxygen atoms in total. The van der Waals surface area contributed by atoms with Gasteiger partial charge in [0.15, 0.2) is 0 Å². The van der Waals surface area contributed by atoms with Crippen LogP contribution < -0.4 is 10.1 Å². The highest BCUT2D eigenvalue weighted by atomic mass is 16.5. The van der Waals surface area contributed by atoms with E-state index in [4.69, 9.17) is 4.74 Å². The van der Waals surface area contributed by atoms with Crippen molar-refractivity contribution in [3.8, 4) is 5.75 Å². The number of fused-ring (bicyclic) bond motifs is 1. The number of nitrogens with one attached hydrogen (secondary N) is 1. The molecule has 1 aromatic heterocycles. The summed E-state index contributed by atoms with van der Waals surface area (Å²) in [7, 11) is 0. The Kier molecular flexibility index (Phi) is 3.88. The minimum absolute atomic E-state index is 0.478. The highest BCUT2D eigenvalue weighted by molar-refractivity contribution is 5.83. The van der Waals surface area contributed by atoms with E-state index in [1.807, 2.05) is 24.3 Å². The molecule has 90 valence electrons. The maximum atomic E-state index is 5.70. The van der Waals surface area contributed by atoms with Gasteiger partial charge in [-0.25, -0.2) is 0 Å². The molecule has 0 spiro atoms. The van der Waals surface area contributed by atoms with Crippen molar-refractivity contribution in [2.75, 3.05) is 13.2 Å². The van der Waals surface area contributed by atoms with Crippen molar-refractivity contribution in [1.29, 1.82) is 0 Å². The normalized spacial score (nSPS) is 11.0. The molecule has 0 aliphatic carbocycles. The van der Waals surface area contributed by atoms with Crippen LogP contribution in [0.4, 0.5) is 0 Å². The third-order valence-electron chi connectivity index (χ3n) is 2.42. The molecule has 1 aromatic carbocycles. The molecule has 2 aromatic rings. The van der Waals surface area contributed by atoms with Crippen LogP contribution in [0.25, 0.3) is 10.9 Å². The minimum atomic E-state index is 0.478. The third kappa shape index (κ3) is 3.14. The van der Waals surface area contributed by atoms with Gasteiger partial charge in [-0.3, -0.25) is 0 Å². The van der Waals surface area contributed by atoms with Crippen molar-refractivity contribution >= 4 is 10.9 Å². The average molecular weight is 231 g/mol. The number of hydrogen-bond donors (Lipinski definition) is 1. The number of nitrogens with zero attached hydrogens (tertiary/aromatic N) is 2. The van der Waals surface area contributed by atoms with Gasteiger partial charge in [0.05, 0.1) is 11.7 Å². The predicted molar refractivity (Wildman–Crippen MR) is 68.2 cm³/mol. The van der Waals surface area contributed by atoms with E-state index in [2.05, 4.69) is 29.4 Å². The average Bonchev–Trinajstić information content (AvgIpc) is 2.34. The SMILES string of the molecule is CC(C)NCCOc1cnnc2ccccc12. The molecule has 17 heavy (non-hydrogen) atoms. The summed E-state index contributed by atoms with van der Waals surface area (Å²) < 4.78 is 5.70. The van der Waals surface area contributed by atoms with Gasteiger partial charge >= 0.3 is 0 Å². The van der Waals surface area contributed by atoms with Crippen LogP contribution in [0, 0.1) is 0 Å². The number of hydrogen-bond acceptors (Lipinski definition) is 4. The molecule has 0 amide bonds. The fourth-order valence-corrected chi connectivity index (χ4v) is 1.61. The Morgan fingerprint density at radius 2 is 2.12 bits per heavy atom. The third-order valence-corrected chi connectivity index (χ3v) is 2.42. The first-order valence-electron chi connectivity index (χ1n) is 5.84. The molecule has 0 unspecified atom stereocenters. The van der Waals surface area contributed by atoms with Gasteiger partial charge in [0.25, 0.3) is 0 Å². The highest BCUT2D eigenvalue weighted by Crippen LogP contribution is 2.21. The lowest BCUT2D eigenvalue weighted by Gasteiger charge is -2.10. The van der Waals surface area contributed by atoms with E-state index < -0.39 is 0 Å². The van der Waals surface area contributed by atoms with Crippen LogP contribution in [-0.4, -0.2) is 29.4 Å². The Labute approximate surface area is 101 Å². The summed E-state index contributed by atoms with van der Waals surface area (Å²) in [5.41, 5.74) is 0.863. The summed E-state index contributed by atoms with van der Waals surface area (Å²) in [4.78, 5) is 0. The molecule has 1 heterocycles. The van der Waals surface area contributed by atoms with Gasteiger partial charge in [-0.2, -0.15) is 10.2 Å². The number of aromatic nitrogens is 2. The van der Waals surface area contributed by atoms with Gasteiger partial charge < -0.3 is 10.1 Å². The second-order valence-electron chi connectivity index (χ2n) is 4.18. The maximum Gasteiger partial charge on any atom is 0.148 e. The molecule has 0 saturated carbocycles. The quantitative estimate of drug-likeness (QED) is 0.800. The van der Waals surface area contributed by atoms with Gasteiger partial charge in [-0.15, -0.1) is 0 Å². The molecular weight excluding hydrogens is 214 g/mol. The van der Waals surface area contributed by atoms with Crippen LogP contribution in [-0.2, 0) is 0 Å². The van der Waals surface area contributed by atoms with Crippen molar-refractivity contribution in [3.63, 3.8) is 0 Å². The maximum absolute atomic E-state index is 5.70. The van der Waals surface area contributed by atoms with Gasteiger partial charge in [0.1, 0.15) is 12.4 Å². The summed E-state index contributed by atoms with van der Waals surface area (Å²) in [6.07, 6.45) is 1.66. The Bertz CT molecular complexity index is 480. The molecule has 0 saturated heterocycles. The van der Waals surface area contributed by atoms with Crippen molar-refractivity contribution < 1.29 is 4.74 Å². The largest absolute Gasteiger partial charge is 0.490 e. The topological polar surface area (TPSA) is 47.0 Å². The van der Waals surface area contributed by atoms with Gasteiger partial charge in [0, 0.05) is 18.0 Å². The summed E-state index contributed by atoms with van der Waals surface area (Å²) in [6, 6.07) is 8.33. The van der Waals surface area contributed by atoms with Crippen molar-refractivity contribution in [2.45, 2.75) is 19.9 Å². The zero-order chi connectivity index (χ0) is 12.1. The minimum Gasteiger partial charge on any atom is -0.490 e. The fourth-order valence-electron chi connectivity index (χ4n) is 1.61. The van der Waals surface area contributed by atoms with E-state index in [1.165, 1.54) is 0 Å². The molecule has 4 heteroatoms. The molecular formula is C13H17N3O. The fraction of sp³-hybridized carbons (Fsp3) is 0.385. The van der Waals surface area contributed by atoms with Crippen molar-refractivity contribution in [2.24, 2.45) is 0 Å². The van der Waals surface area contributed by atoms with Gasteiger partial charge in [-0.1, -0.05) is 26.0 Å². The number of benzene rings is 1. The zero-order valence-electron chi connectivity index (χ0n) is 10.2. The number of rotatable bonds is 5. The van der Waals surface area contributed by atoms with Crippen LogP contribution in [0.2, 0.25) is 0 Å². The van der Waals surface area contributed by atoms with E-state index in [0.717, 1.165) is 23.2 Å². The van der Waals surface area contributed by atoms with E-state index in [0.29, 0.717) is 12.6 Å². The smallest absolute Gasteiger partial charge is 0.148 e. The van der Waals surface area contributed by atoms with Gasteiger partial charge in [0.2, 0.25) is 0 Å². The second-order valence-corrected chi connectivity index (χ2v) is 4.18. The van der Waals surface area contributed by atoms with Crippen LogP contribution in [0.5, 0.6) is 5.75 Å². The summed E-state index contributed by atoms with van der Waals surface area (Å²) in [5.74, 6) is 0.793. The van der Waals surface area contributed by atoms with E-state index in [1.54, 1.807) is 6.20 Å². The zero-order valence-corrected chi connectivity index (χ0v) is 10.2. The first kappa shape index (κ1) is 11.8. The second kappa shape index (κ2) is 5.59. The lowest BCUT2D eigenvalue weighted by atomic mass is 10.2. The number of ether oxygens (including phenoxy) is 1. The predicted octanol–water partition coefficient (Wildman–Crippen LogP) is 2.01. The molecule has 0 radical (unpaired) electrons. The first-order valence-corrected chi connectivity index (χ1v) is 5.84. The van der Waals surface area contributed by atoms with Crippen molar-refractivity contribution in [3.05, 3.63) is 30.5 Å². The lowest BCUT2D eigenvalue weighted by molar-refractivity contribution is 0.311. The van der Waals surface area contributed by atoms with Crippen LogP contribution in [0.15, 0.2) is 30.5 Å². The molecule has 2 rings (SSSR count). The summed E-state index contributed by atoms with van der Waals surface area (Å²) in [5, 5.41) is 12.3.